The van der Waals surface area contributed by atoms with E-state index in [1.54, 1.807) is 19.9 Å². The maximum Gasteiger partial charge on any atom is 0.259 e. The molecule has 0 saturated heterocycles. The van der Waals surface area contributed by atoms with E-state index in [4.69, 9.17) is 4.42 Å². The molecular weight excluding hydrogens is 221 g/mol. The van der Waals surface area contributed by atoms with Crippen molar-refractivity contribution in [2.24, 2.45) is 0 Å². The van der Waals surface area contributed by atoms with E-state index in [0.29, 0.717) is 22.6 Å². The molecule has 0 aliphatic carbocycles. The van der Waals surface area contributed by atoms with Gasteiger partial charge in [-0.15, -0.1) is 0 Å². The topological polar surface area (TPSA) is 42.2 Å². The van der Waals surface area contributed by atoms with E-state index < -0.39 is 0 Å². The predicted octanol–water partition coefficient (Wildman–Crippen LogP) is 3.29. The van der Waals surface area contributed by atoms with E-state index in [0.717, 1.165) is 0 Å². The quantitative estimate of drug-likeness (QED) is 0.864. The van der Waals surface area contributed by atoms with Gasteiger partial charge in [-0.25, -0.2) is 4.39 Å². The Kier molecular flexibility index (Phi) is 2.95. The van der Waals surface area contributed by atoms with E-state index in [2.05, 4.69) is 5.32 Å². The standard InChI is InChI=1S/C13H12FNO2/c1-8-7-10(14)3-4-12(8)15-13(16)11-5-6-17-9(11)2/h3-7H,1-2H3,(H,15,16). The van der Waals surface area contributed by atoms with Crippen LogP contribution in [0.15, 0.2) is 34.9 Å². The average Bonchev–Trinajstić information content (AvgIpc) is 2.68. The molecule has 4 heteroatoms. The van der Waals surface area contributed by atoms with Crippen molar-refractivity contribution in [3.05, 3.63) is 53.2 Å². The van der Waals surface area contributed by atoms with Crippen molar-refractivity contribution in [1.29, 1.82) is 0 Å². The summed E-state index contributed by atoms with van der Waals surface area (Å²) < 4.78 is 17.9. The summed E-state index contributed by atoms with van der Waals surface area (Å²) in [4.78, 5) is 11.9. The van der Waals surface area contributed by atoms with Crippen molar-refractivity contribution >= 4 is 11.6 Å². The van der Waals surface area contributed by atoms with Gasteiger partial charge in [-0.05, 0) is 43.7 Å². The van der Waals surface area contributed by atoms with Gasteiger partial charge in [-0.3, -0.25) is 4.79 Å². The van der Waals surface area contributed by atoms with Crippen LogP contribution in [0.25, 0.3) is 0 Å². The van der Waals surface area contributed by atoms with Crippen LogP contribution in [0.4, 0.5) is 10.1 Å². The van der Waals surface area contributed by atoms with Crippen LogP contribution in [0.1, 0.15) is 21.7 Å². The van der Waals surface area contributed by atoms with Gasteiger partial charge < -0.3 is 9.73 Å². The van der Waals surface area contributed by atoms with Gasteiger partial charge in [0, 0.05) is 5.69 Å². The number of carbonyl (C=O) groups excluding carboxylic acids is 1. The first kappa shape index (κ1) is 11.4. The molecule has 1 N–H and O–H groups in total. The molecule has 17 heavy (non-hydrogen) atoms. The van der Waals surface area contributed by atoms with Gasteiger partial charge in [0.05, 0.1) is 11.8 Å². The molecule has 0 spiro atoms. The van der Waals surface area contributed by atoms with Crippen molar-refractivity contribution < 1.29 is 13.6 Å². The van der Waals surface area contributed by atoms with Gasteiger partial charge >= 0.3 is 0 Å². The van der Waals surface area contributed by atoms with E-state index in [1.165, 1.54) is 24.5 Å². The van der Waals surface area contributed by atoms with Gasteiger partial charge in [-0.1, -0.05) is 0 Å². The first-order valence-electron chi connectivity index (χ1n) is 5.19. The molecule has 1 amide bonds. The fourth-order valence-electron chi connectivity index (χ4n) is 1.58. The molecule has 1 aromatic heterocycles. The first-order chi connectivity index (χ1) is 8.08. The Hall–Kier alpha value is -2.10. The minimum absolute atomic E-state index is 0.258. The molecule has 0 unspecified atom stereocenters. The predicted molar refractivity (Wildman–Crippen MR) is 62.5 cm³/mol. The van der Waals surface area contributed by atoms with Crippen molar-refractivity contribution in [3.63, 3.8) is 0 Å². The Morgan fingerprint density at radius 3 is 2.65 bits per heavy atom. The Labute approximate surface area is 98.3 Å². The van der Waals surface area contributed by atoms with E-state index >= 15 is 0 Å². The molecule has 2 aromatic rings. The SMILES string of the molecule is Cc1cc(F)ccc1NC(=O)c1ccoc1C. The van der Waals surface area contributed by atoms with Crippen molar-refractivity contribution in [2.45, 2.75) is 13.8 Å². The van der Waals surface area contributed by atoms with Crippen molar-refractivity contribution in [3.8, 4) is 0 Å². The summed E-state index contributed by atoms with van der Waals surface area (Å²) in [5, 5.41) is 2.72. The lowest BCUT2D eigenvalue weighted by molar-refractivity contribution is 0.102. The Bertz CT molecular complexity index is 560. The molecule has 2 rings (SSSR count). The molecule has 88 valence electrons. The van der Waals surface area contributed by atoms with Crippen LogP contribution in [-0.2, 0) is 0 Å². The zero-order valence-corrected chi connectivity index (χ0v) is 9.58. The number of halogens is 1. The van der Waals surface area contributed by atoms with Crippen LogP contribution >= 0.6 is 0 Å². The molecule has 0 bridgehead atoms. The summed E-state index contributed by atoms with van der Waals surface area (Å²) in [7, 11) is 0. The normalized spacial score (nSPS) is 10.3. The summed E-state index contributed by atoms with van der Waals surface area (Å²) in [6.07, 6.45) is 1.46. The van der Waals surface area contributed by atoms with Gasteiger partial charge in [0.15, 0.2) is 0 Å². The van der Waals surface area contributed by atoms with Gasteiger partial charge in [0.25, 0.3) is 5.91 Å². The smallest absolute Gasteiger partial charge is 0.259 e. The van der Waals surface area contributed by atoms with Gasteiger partial charge in [-0.2, -0.15) is 0 Å². The lowest BCUT2D eigenvalue weighted by Gasteiger charge is -2.07. The lowest BCUT2D eigenvalue weighted by atomic mass is 10.2. The monoisotopic (exact) mass is 233 g/mol. The molecule has 0 saturated carbocycles. The lowest BCUT2D eigenvalue weighted by Crippen LogP contribution is -2.13. The number of aryl methyl sites for hydroxylation is 2. The Balaban J connectivity index is 2.22. The highest BCUT2D eigenvalue weighted by atomic mass is 19.1. The number of rotatable bonds is 2. The number of carbonyl (C=O) groups is 1. The first-order valence-corrected chi connectivity index (χ1v) is 5.19. The highest BCUT2D eigenvalue weighted by Crippen LogP contribution is 2.18. The second-order valence-corrected chi connectivity index (χ2v) is 3.80. The number of hydrogen-bond acceptors (Lipinski definition) is 2. The molecule has 0 aliphatic rings. The number of nitrogens with one attached hydrogen (secondary N) is 1. The fraction of sp³-hybridized carbons (Fsp3) is 0.154. The summed E-state index contributed by atoms with van der Waals surface area (Å²) in [6, 6.07) is 5.82. The summed E-state index contributed by atoms with van der Waals surface area (Å²) in [6.45, 7) is 3.45. The van der Waals surface area contributed by atoms with Gasteiger partial charge in [0.1, 0.15) is 11.6 Å². The maximum atomic E-state index is 12.9. The van der Waals surface area contributed by atoms with Crippen LogP contribution in [0.3, 0.4) is 0 Å². The largest absolute Gasteiger partial charge is 0.469 e. The van der Waals surface area contributed by atoms with Crippen molar-refractivity contribution in [1.82, 2.24) is 0 Å². The maximum absolute atomic E-state index is 12.9. The third kappa shape index (κ3) is 2.36. The number of anilines is 1. The second-order valence-electron chi connectivity index (χ2n) is 3.80. The van der Waals surface area contributed by atoms with Crippen LogP contribution in [0, 0.1) is 19.7 Å². The van der Waals surface area contributed by atoms with Crippen LogP contribution in [-0.4, -0.2) is 5.91 Å². The highest BCUT2D eigenvalue weighted by Gasteiger charge is 2.12. The van der Waals surface area contributed by atoms with E-state index in [-0.39, 0.29) is 11.7 Å². The zero-order chi connectivity index (χ0) is 12.4. The van der Waals surface area contributed by atoms with Crippen molar-refractivity contribution in [2.75, 3.05) is 5.32 Å². The number of benzene rings is 1. The summed E-state index contributed by atoms with van der Waals surface area (Å²) in [5.74, 6) is -0.0202. The third-order valence-corrected chi connectivity index (χ3v) is 2.54. The molecular formula is C13H12FNO2. The van der Waals surface area contributed by atoms with E-state index in [9.17, 15) is 9.18 Å². The summed E-state index contributed by atoms with van der Waals surface area (Å²) >= 11 is 0. The molecule has 1 heterocycles. The fourth-order valence-corrected chi connectivity index (χ4v) is 1.58. The third-order valence-electron chi connectivity index (χ3n) is 2.54. The highest BCUT2D eigenvalue weighted by molar-refractivity contribution is 6.05. The molecule has 1 aromatic carbocycles. The number of furan rings is 1. The Morgan fingerprint density at radius 2 is 2.06 bits per heavy atom. The number of amides is 1. The minimum Gasteiger partial charge on any atom is -0.469 e. The average molecular weight is 233 g/mol. The van der Waals surface area contributed by atoms with Crippen LogP contribution in [0.2, 0.25) is 0 Å². The second kappa shape index (κ2) is 4.41. The molecule has 0 aliphatic heterocycles. The van der Waals surface area contributed by atoms with Crippen LogP contribution < -0.4 is 5.32 Å². The van der Waals surface area contributed by atoms with Crippen LogP contribution in [0.5, 0.6) is 0 Å². The molecule has 0 fully saturated rings. The summed E-state index contributed by atoms with van der Waals surface area (Å²) in [5.41, 5.74) is 1.75. The Morgan fingerprint density at radius 1 is 1.29 bits per heavy atom. The number of hydrogen-bond donors (Lipinski definition) is 1. The molecule has 0 radical (unpaired) electrons. The zero-order valence-electron chi connectivity index (χ0n) is 9.58. The van der Waals surface area contributed by atoms with Gasteiger partial charge in [0.2, 0.25) is 0 Å². The minimum atomic E-state index is -0.319. The van der Waals surface area contributed by atoms with E-state index in [1.807, 2.05) is 0 Å². The molecule has 3 nitrogen and oxygen atoms in total. The molecule has 0 atom stereocenters.